The Morgan fingerprint density at radius 3 is 2.59 bits per heavy atom. The molecule has 1 saturated heterocycles. The van der Waals surface area contributed by atoms with Gasteiger partial charge in [0.1, 0.15) is 0 Å². The number of halogens is 1. The average Bonchev–Trinajstić information content (AvgIpc) is 2.19. The summed E-state index contributed by atoms with van der Waals surface area (Å²) in [4.78, 5) is 0. The molecule has 0 atom stereocenters. The lowest BCUT2D eigenvalue weighted by Crippen LogP contribution is -2.58. The van der Waals surface area contributed by atoms with Crippen LogP contribution in [0.5, 0.6) is 0 Å². The van der Waals surface area contributed by atoms with E-state index in [0.717, 1.165) is 30.5 Å². The van der Waals surface area contributed by atoms with Gasteiger partial charge < -0.3 is 10.5 Å². The summed E-state index contributed by atoms with van der Waals surface area (Å²) in [6.45, 7) is 3.92. The zero-order valence-corrected chi connectivity index (χ0v) is 11.7. The maximum atomic E-state index is 5.94. The summed E-state index contributed by atoms with van der Waals surface area (Å²) < 4.78 is 6.68. The second-order valence-electron chi connectivity index (χ2n) is 5.54. The molecule has 1 aliphatic carbocycles. The molecular weight excluding hydrogens is 278 g/mol. The molecule has 1 aliphatic heterocycles. The zero-order valence-electron chi connectivity index (χ0n) is 10.1. The number of ether oxygens (including phenoxy) is 1. The van der Waals surface area contributed by atoms with Crippen molar-refractivity contribution in [3.8, 4) is 0 Å². The normalized spacial score (nSPS) is 30.5. The Hall–Kier alpha value is -0.380. The summed E-state index contributed by atoms with van der Waals surface area (Å²) >= 11 is 3.58. The maximum absolute atomic E-state index is 5.94. The van der Waals surface area contributed by atoms with Gasteiger partial charge in [-0.05, 0) is 48.9 Å². The Bertz CT molecular complexity index is 436. The molecule has 0 amide bonds. The lowest BCUT2D eigenvalue weighted by molar-refractivity contribution is -0.111. The van der Waals surface area contributed by atoms with Crippen LogP contribution < -0.4 is 5.73 Å². The molecule has 0 spiro atoms. The molecule has 2 N–H and O–H groups in total. The highest BCUT2D eigenvalue weighted by atomic mass is 79.9. The number of hydrogen-bond donors (Lipinski definition) is 1. The van der Waals surface area contributed by atoms with Crippen LogP contribution in [0.25, 0.3) is 0 Å². The number of aryl methyl sites for hydroxylation is 1. The van der Waals surface area contributed by atoms with Gasteiger partial charge in [0.25, 0.3) is 0 Å². The lowest BCUT2D eigenvalue weighted by atomic mass is 9.58. The van der Waals surface area contributed by atoms with E-state index in [4.69, 9.17) is 10.5 Å². The van der Waals surface area contributed by atoms with E-state index in [-0.39, 0.29) is 5.41 Å². The second kappa shape index (κ2) is 4.08. The van der Waals surface area contributed by atoms with Crippen molar-refractivity contribution in [2.45, 2.75) is 31.2 Å². The molecule has 2 nitrogen and oxygen atoms in total. The van der Waals surface area contributed by atoms with E-state index in [1.165, 1.54) is 11.1 Å². The minimum absolute atomic E-state index is 0.240. The number of nitrogens with two attached hydrogens (primary N) is 1. The van der Waals surface area contributed by atoms with Crippen LogP contribution in [-0.2, 0) is 10.2 Å². The van der Waals surface area contributed by atoms with Crippen molar-refractivity contribution < 1.29 is 4.74 Å². The molecule has 92 valence electrons. The predicted molar refractivity (Wildman–Crippen MR) is 72.1 cm³/mol. The SMILES string of the molecule is Cc1ccc(Br)cc1C1(C2CC(N)C2)COC1. The first-order valence-electron chi connectivity index (χ1n) is 6.22. The van der Waals surface area contributed by atoms with E-state index in [9.17, 15) is 0 Å². The van der Waals surface area contributed by atoms with Crippen molar-refractivity contribution in [1.82, 2.24) is 0 Å². The second-order valence-corrected chi connectivity index (χ2v) is 6.45. The molecule has 0 radical (unpaired) electrons. The van der Waals surface area contributed by atoms with E-state index in [0.29, 0.717) is 12.0 Å². The fourth-order valence-electron chi connectivity index (χ4n) is 3.18. The van der Waals surface area contributed by atoms with E-state index in [1.807, 2.05) is 0 Å². The van der Waals surface area contributed by atoms with Crippen LogP contribution >= 0.6 is 15.9 Å². The minimum Gasteiger partial charge on any atom is -0.379 e. The summed E-state index contributed by atoms with van der Waals surface area (Å²) in [6, 6.07) is 6.98. The Kier molecular flexibility index (Phi) is 2.80. The minimum atomic E-state index is 0.240. The summed E-state index contributed by atoms with van der Waals surface area (Å²) in [7, 11) is 0. The lowest BCUT2D eigenvalue weighted by Gasteiger charge is -2.53. The van der Waals surface area contributed by atoms with Crippen molar-refractivity contribution in [2.75, 3.05) is 13.2 Å². The number of benzene rings is 1. The van der Waals surface area contributed by atoms with Crippen LogP contribution in [0.15, 0.2) is 22.7 Å². The molecule has 3 heteroatoms. The van der Waals surface area contributed by atoms with Crippen molar-refractivity contribution in [3.05, 3.63) is 33.8 Å². The van der Waals surface area contributed by atoms with Crippen molar-refractivity contribution in [2.24, 2.45) is 11.7 Å². The molecule has 1 heterocycles. The van der Waals surface area contributed by atoms with E-state index >= 15 is 0 Å². The monoisotopic (exact) mass is 295 g/mol. The van der Waals surface area contributed by atoms with Gasteiger partial charge in [0.15, 0.2) is 0 Å². The molecule has 0 aromatic heterocycles. The molecule has 0 unspecified atom stereocenters. The smallest absolute Gasteiger partial charge is 0.0588 e. The Labute approximate surface area is 111 Å². The predicted octanol–water partition coefficient (Wildman–Crippen LogP) is 2.76. The van der Waals surface area contributed by atoms with Gasteiger partial charge in [0.2, 0.25) is 0 Å². The molecular formula is C14H18BrNO. The van der Waals surface area contributed by atoms with Gasteiger partial charge in [0, 0.05) is 15.9 Å². The third-order valence-corrected chi connectivity index (χ3v) is 4.90. The largest absolute Gasteiger partial charge is 0.379 e. The highest BCUT2D eigenvalue weighted by Crippen LogP contribution is 2.49. The molecule has 1 saturated carbocycles. The van der Waals surface area contributed by atoms with Gasteiger partial charge in [0.05, 0.1) is 13.2 Å². The van der Waals surface area contributed by atoms with Crippen molar-refractivity contribution in [3.63, 3.8) is 0 Å². The van der Waals surface area contributed by atoms with E-state index < -0.39 is 0 Å². The van der Waals surface area contributed by atoms with Crippen LogP contribution in [-0.4, -0.2) is 19.3 Å². The standard InChI is InChI=1S/C14H18BrNO/c1-9-2-3-11(15)6-13(9)14(7-17-8-14)10-4-12(16)5-10/h2-3,6,10,12H,4-5,7-8,16H2,1H3. The third kappa shape index (κ3) is 1.76. The molecule has 2 fully saturated rings. The molecule has 3 rings (SSSR count). The molecule has 1 aromatic carbocycles. The van der Waals surface area contributed by atoms with Gasteiger partial charge in [-0.3, -0.25) is 0 Å². The quantitative estimate of drug-likeness (QED) is 0.911. The third-order valence-electron chi connectivity index (χ3n) is 4.41. The molecule has 17 heavy (non-hydrogen) atoms. The summed E-state index contributed by atoms with van der Waals surface area (Å²) in [5.74, 6) is 0.708. The molecule has 2 aliphatic rings. The first-order chi connectivity index (χ1) is 8.12. The van der Waals surface area contributed by atoms with Gasteiger partial charge in [-0.2, -0.15) is 0 Å². The van der Waals surface area contributed by atoms with Crippen LogP contribution in [0.3, 0.4) is 0 Å². The van der Waals surface area contributed by atoms with Gasteiger partial charge in [-0.25, -0.2) is 0 Å². The van der Waals surface area contributed by atoms with Crippen LogP contribution in [0.1, 0.15) is 24.0 Å². The van der Waals surface area contributed by atoms with Crippen LogP contribution in [0, 0.1) is 12.8 Å². The summed E-state index contributed by atoms with van der Waals surface area (Å²) in [6.07, 6.45) is 2.30. The average molecular weight is 296 g/mol. The molecule has 1 aromatic rings. The fourth-order valence-corrected chi connectivity index (χ4v) is 3.54. The maximum Gasteiger partial charge on any atom is 0.0588 e. The topological polar surface area (TPSA) is 35.2 Å². The summed E-state index contributed by atoms with van der Waals surface area (Å²) in [5.41, 5.74) is 9.01. The zero-order chi connectivity index (χ0) is 12.0. The fraction of sp³-hybridized carbons (Fsp3) is 0.571. The summed E-state index contributed by atoms with van der Waals surface area (Å²) in [5, 5.41) is 0. The highest BCUT2D eigenvalue weighted by molar-refractivity contribution is 9.10. The molecule has 0 bridgehead atoms. The van der Waals surface area contributed by atoms with Crippen molar-refractivity contribution in [1.29, 1.82) is 0 Å². The van der Waals surface area contributed by atoms with E-state index in [1.54, 1.807) is 0 Å². The number of hydrogen-bond acceptors (Lipinski definition) is 2. The first-order valence-corrected chi connectivity index (χ1v) is 7.01. The van der Waals surface area contributed by atoms with Gasteiger partial charge in [-0.1, -0.05) is 22.0 Å². The first kappa shape index (κ1) is 11.7. The van der Waals surface area contributed by atoms with Crippen LogP contribution in [0.4, 0.5) is 0 Å². The Morgan fingerprint density at radius 1 is 1.35 bits per heavy atom. The van der Waals surface area contributed by atoms with Gasteiger partial charge in [-0.15, -0.1) is 0 Å². The highest BCUT2D eigenvalue weighted by Gasteiger charge is 2.51. The van der Waals surface area contributed by atoms with Crippen molar-refractivity contribution >= 4 is 15.9 Å². The van der Waals surface area contributed by atoms with E-state index in [2.05, 4.69) is 41.1 Å². The van der Waals surface area contributed by atoms with Gasteiger partial charge >= 0.3 is 0 Å². The van der Waals surface area contributed by atoms with Crippen LogP contribution in [0.2, 0.25) is 0 Å². The Morgan fingerprint density at radius 2 is 2.06 bits per heavy atom. The number of rotatable bonds is 2. The Balaban J connectivity index is 1.97.